The number of carbonyl (C=O) groups excluding carboxylic acids is 1. The number of aromatic nitrogens is 1. The average Bonchev–Trinajstić information content (AvgIpc) is 3.06. The summed E-state index contributed by atoms with van der Waals surface area (Å²) in [5, 5.41) is 1.34. The zero-order valence-corrected chi connectivity index (χ0v) is 19.1. The number of hydrogen-bond acceptors (Lipinski definition) is 5. The molecule has 3 rings (SSSR count). The van der Waals surface area contributed by atoms with Gasteiger partial charge in [0.25, 0.3) is 5.91 Å². The van der Waals surface area contributed by atoms with Crippen molar-refractivity contribution in [2.24, 2.45) is 0 Å². The zero-order chi connectivity index (χ0) is 20.1. The summed E-state index contributed by atoms with van der Waals surface area (Å²) in [6, 6.07) is 13.3. The molecule has 2 aromatic carbocycles. The highest BCUT2D eigenvalue weighted by atomic mass is 35.5. The van der Waals surface area contributed by atoms with E-state index < -0.39 is 0 Å². The van der Waals surface area contributed by atoms with E-state index in [2.05, 4.69) is 9.88 Å². The number of rotatable bonds is 8. The second-order valence-electron chi connectivity index (χ2n) is 6.86. The van der Waals surface area contributed by atoms with Gasteiger partial charge in [0.2, 0.25) is 0 Å². The van der Waals surface area contributed by atoms with Gasteiger partial charge in [-0.05, 0) is 63.8 Å². The van der Waals surface area contributed by atoms with Crippen molar-refractivity contribution in [2.75, 3.05) is 38.7 Å². The number of ether oxygens (including phenoxy) is 1. The van der Waals surface area contributed by atoms with Gasteiger partial charge in [-0.3, -0.25) is 9.69 Å². The maximum Gasteiger partial charge on any atom is 0.266 e. The van der Waals surface area contributed by atoms with E-state index in [0.717, 1.165) is 34.5 Å². The molecule has 0 aliphatic carbocycles. The fourth-order valence-corrected chi connectivity index (χ4v) is 4.09. The Morgan fingerprint density at radius 2 is 1.93 bits per heavy atom. The number of thiazole rings is 1. The smallest absolute Gasteiger partial charge is 0.266 e. The first-order valence-electron chi connectivity index (χ1n) is 9.13. The molecule has 0 unspecified atom stereocenters. The van der Waals surface area contributed by atoms with Crippen molar-refractivity contribution in [2.45, 2.75) is 13.3 Å². The molecular weight excluding hydrogens is 429 g/mol. The summed E-state index contributed by atoms with van der Waals surface area (Å²) in [5.74, 6) is 0.618. The lowest BCUT2D eigenvalue weighted by Crippen LogP contribution is -2.36. The lowest BCUT2D eigenvalue weighted by atomic mass is 10.2. The second kappa shape index (κ2) is 10.8. The van der Waals surface area contributed by atoms with Crippen molar-refractivity contribution < 1.29 is 9.53 Å². The predicted octanol–water partition coefficient (Wildman–Crippen LogP) is 5.04. The number of carbonyl (C=O) groups is 1. The number of halogens is 2. The lowest BCUT2D eigenvalue weighted by molar-refractivity contribution is -0.120. The average molecular weight is 454 g/mol. The normalized spacial score (nSPS) is 10.8. The summed E-state index contributed by atoms with van der Waals surface area (Å²) in [6.07, 6.45) is 0.847. The van der Waals surface area contributed by atoms with Gasteiger partial charge in [-0.1, -0.05) is 41.1 Å². The molecule has 1 amide bonds. The van der Waals surface area contributed by atoms with E-state index in [1.54, 1.807) is 4.90 Å². The van der Waals surface area contributed by atoms with Crippen molar-refractivity contribution in [1.82, 2.24) is 9.88 Å². The molecule has 0 fully saturated rings. The molecule has 0 aliphatic rings. The second-order valence-corrected chi connectivity index (χ2v) is 8.31. The van der Waals surface area contributed by atoms with Crippen molar-refractivity contribution in [3.63, 3.8) is 0 Å². The van der Waals surface area contributed by atoms with Gasteiger partial charge < -0.3 is 9.64 Å². The Morgan fingerprint density at radius 1 is 1.17 bits per heavy atom. The van der Waals surface area contributed by atoms with Crippen LogP contribution in [0.25, 0.3) is 10.2 Å². The zero-order valence-electron chi connectivity index (χ0n) is 16.7. The van der Waals surface area contributed by atoms with Crippen LogP contribution in [-0.4, -0.2) is 49.6 Å². The van der Waals surface area contributed by atoms with E-state index in [1.165, 1.54) is 11.3 Å². The third-order valence-electron chi connectivity index (χ3n) is 4.30. The maximum absolute atomic E-state index is 13.0. The molecule has 0 N–H and O–H groups in total. The Labute approximate surface area is 186 Å². The van der Waals surface area contributed by atoms with Crippen LogP contribution in [0.1, 0.15) is 12.0 Å². The van der Waals surface area contributed by atoms with Crippen LogP contribution in [0.5, 0.6) is 5.75 Å². The summed E-state index contributed by atoms with van der Waals surface area (Å²) in [7, 11) is 4.04. The Morgan fingerprint density at radius 3 is 2.66 bits per heavy atom. The number of para-hydroxylation sites is 1. The molecule has 0 spiro atoms. The number of amides is 1. The van der Waals surface area contributed by atoms with Crippen LogP contribution < -0.4 is 9.64 Å². The lowest BCUT2D eigenvalue weighted by Gasteiger charge is -2.21. The minimum Gasteiger partial charge on any atom is -0.483 e. The fraction of sp³-hybridized carbons (Fsp3) is 0.333. The standard InChI is InChI=1S/C21H24ClN3O2S.ClH/c1-15-7-4-5-8-18(15)27-14-20(26)25(12-6-11-24(2)3)21-23-17-10-9-16(22)13-19(17)28-21;/h4-5,7-10,13H,6,11-12,14H2,1-3H3;1H. The Balaban J connectivity index is 0.00000300. The van der Waals surface area contributed by atoms with Crippen molar-refractivity contribution >= 4 is 56.6 Å². The van der Waals surface area contributed by atoms with Crippen LogP contribution in [0.2, 0.25) is 5.02 Å². The van der Waals surface area contributed by atoms with Gasteiger partial charge >= 0.3 is 0 Å². The summed E-state index contributed by atoms with van der Waals surface area (Å²) in [4.78, 5) is 21.4. The topological polar surface area (TPSA) is 45.7 Å². The van der Waals surface area contributed by atoms with E-state index in [0.29, 0.717) is 16.7 Å². The molecule has 5 nitrogen and oxygen atoms in total. The Bertz CT molecular complexity index is 962. The number of benzene rings is 2. The van der Waals surface area contributed by atoms with Crippen LogP contribution in [0.4, 0.5) is 5.13 Å². The van der Waals surface area contributed by atoms with Gasteiger partial charge in [0, 0.05) is 11.6 Å². The molecule has 0 bridgehead atoms. The molecule has 8 heteroatoms. The Kier molecular flexibility index (Phi) is 8.71. The van der Waals surface area contributed by atoms with Crippen LogP contribution in [-0.2, 0) is 4.79 Å². The number of aryl methyl sites for hydroxylation is 1. The fourth-order valence-electron chi connectivity index (χ4n) is 2.81. The highest BCUT2D eigenvalue weighted by Crippen LogP contribution is 2.31. The molecule has 0 saturated carbocycles. The largest absolute Gasteiger partial charge is 0.483 e. The highest BCUT2D eigenvalue weighted by Gasteiger charge is 2.20. The third kappa shape index (κ3) is 6.31. The number of nitrogens with zero attached hydrogens (tertiary/aromatic N) is 3. The molecule has 29 heavy (non-hydrogen) atoms. The van der Waals surface area contributed by atoms with Gasteiger partial charge in [-0.15, -0.1) is 12.4 Å². The molecule has 1 aromatic heterocycles. The van der Waals surface area contributed by atoms with Gasteiger partial charge in [-0.25, -0.2) is 4.98 Å². The SMILES string of the molecule is Cc1ccccc1OCC(=O)N(CCCN(C)C)c1nc2ccc(Cl)cc2s1.Cl. The van der Waals surface area contributed by atoms with Gasteiger partial charge in [-0.2, -0.15) is 0 Å². The van der Waals surface area contributed by atoms with Crippen molar-refractivity contribution in [1.29, 1.82) is 0 Å². The molecular formula is C21H25Cl2N3O2S. The summed E-state index contributed by atoms with van der Waals surface area (Å²) >= 11 is 7.57. The molecule has 3 aromatic rings. The van der Waals surface area contributed by atoms with E-state index in [1.807, 2.05) is 63.5 Å². The molecule has 0 saturated heterocycles. The predicted molar refractivity (Wildman–Crippen MR) is 124 cm³/mol. The molecule has 0 atom stereocenters. The highest BCUT2D eigenvalue weighted by molar-refractivity contribution is 7.22. The van der Waals surface area contributed by atoms with E-state index in [4.69, 9.17) is 16.3 Å². The summed E-state index contributed by atoms with van der Waals surface area (Å²) in [5.41, 5.74) is 1.85. The quantitative estimate of drug-likeness (QED) is 0.478. The first-order chi connectivity index (χ1) is 13.4. The summed E-state index contributed by atoms with van der Waals surface area (Å²) < 4.78 is 6.74. The minimum absolute atomic E-state index is 0. The van der Waals surface area contributed by atoms with Crippen LogP contribution in [0.3, 0.4) is 0 Å². The van der Waals surface area contributed by atoms with Crippen molar-refractivity contribution in [3.8, 4) is 5.75 Å². The van der Waals surface area contributed by atoms with E-state index >= 15 is 0 Å². The van der Waals surface area contributed by atoms with Crippen LogP contribution in [0, 0.1) is 6.92 Å². The Hall–Kier alpha value is -1.86. The maximum atomic E-state index is 13.0. The number of anilines is 1. The van der Waals surface area contributed by atoms with E-state index in [9.17, 15) is 4.79 Å². The third-order valence-corrected chi connectivity index (χ3v) is 5.58. The van der Waals surface area contributed by atoms with Gasteiger partial charge in [0.1, 0.15) is 5.75 Å². The summed E-state index contributed by atoms with van der Waals surface area (Å²) in [6.45, 7) is 3.41. The van der Waals surface area contributed by atoms with Crippen LogP contribution in [0.15, 0.2) is 42.5 Å². The van der Waals surface area contributed by atoms with Crippen LogP contribution >= 0.6 is 35.3 Å². The first kappa shape index (κ1) is 23.4. The monoisotopic (exact) mass is 453 g/mol. The number of fused-ring (bicyclic) bond motifs is 1. The molecule has 156 valence electrons. The molecule has 0 radical (unpaired) electrons. The molecule has 0 aliphatic heterocycles. The number of hydrogen-bond donors (Lipinski definition) is 0. The van der Waals surface area contributed by atoms with Gasteiger partial charge in [0.05, 0.1) is 10.2 Å². The minimum atomic E-state index is -0.104. The van der Waals surface area contributed by atoms with Crippen molar-refractivity contribution in [3.05, 3.63) is 53.1 Å². The van der Waals surface area contributed by atoms with Gasteiger partial charge in [0.15, 0.2) is 11.7 Å². The molecule has 1 heterocycles. The first-order valence-corrected chi connectivity index (χ1v) is 10.3. The van der Waals surface area contributed by atoms with E-state index in [-0.39, 0.29) is 24.9 Å².